The van der Waals surface area contributed by atoms with Crippen molar-refractivity contribution in [2.24, 2.45) is 17.1 Å². The van der Waals surface area contributed by atoms with Gasteiger partial charge in [0, 0.05) is 24.9 Å². The molecule has 7 heteroatoms. The normalized spacial score (nSPS) is 24.6. The molecular formula is C19H17N5O2. The van der Waals surface area contributed by atoms with E-state index in [4.69, 9.17) is 5.73 Å². The first kappa shape index (κ1) is 17.4. The molecule has 0 unspecified atom stereocenters. The number of benzene rings is 1. The Kier molecular flexibility index (Phi) is 4.08. The van der Waals surface area contributed by atoms with Crippen LogP contribution in [0, 0.1) is 45.3 Å². The van der Waals surface area contributed by atoms with E-state index in [0.29, 0.717) is 18.7 Å². The number of fused-ring (bicyclic) bond motifs is 1. The molecule has 0 spiro atoms. The number of phenolic OH excluding ortho intramolecular Hbond substituents is 2. The van der Waals surface area contributed by atoms with Gasteiger partial charge in [-0.2, -0.15) is 15.8 Å². The third kappa shape index (κ3) is 2.29. The monoisotopic (exact) mass is 347 g/mol. The number of nitrogens with two attached hydrogens (primary N) is 1. The molecule has 4 N–H and O–H groups in total. The Balaban J connectivity index is 2.34. The van der Waals surface area contributed by atoms with Gasteiger partial charge in [-0.05, 0) is 30.3 Å². The van der Waals surface area contributed by atoms with Gasteiger partial charge in [0.05, 0.1) is 23.4 Å². The van der Waals surface area contributed by atoms with Crippen molar-refractivity contribution in [2.75, 3.05) is 20.1 Å². The second-order valence-corrected chi connectivity index (χ2v) is 6.65. The molecule has 1 aliphatic carbocycles. The summed E-state index contributed by atoms with van der Waals surface area (Å²) in [4.78, 5) is 2.03. The summed E-state index contributed by atoms with van der Waals surface area (Å²) in [7, 11) is 1.91. The fourth-order valence-electron chi connectivity index (χ4n) is 3.93. The lowest BCUT2D eigenvalue weighted by Gasteiger charge is -2.45. The standard InChI is InChI=1S/C19H17N5O2/c1-24-5-4-12-13(7-20)18(23)19(9-21,10-22)17(14(12)8-24)11-2-3-15(25)16(26)6-11/h2-4,6,14,17,25-26H,5,8,23H2,1H3/t14-,17+/m0/s1. The Morgan fingerprint density at radius 2 is 1.88 bits per heavy atom. The van der Waals surface area contributed by atoms with Crippen molar-refractivity contribution in [2.45, 2.75) is 5.92 Å². The lowest BCUT2D eigenvalue weighted by Crippen LogP contribution is -2.47. The van der Waals surface area contributed by atoms with Crippen LogP contribution in [-0.4, -0.2) is 35.3 Å². The molecule has 1 heterocycles. The molecule has 1 aromatic rings. The first-order valence-corrected chi connectivity index (χ1v) is 8.03. The summed E-state index contributed by atoms with van der Waals surface area (Å²) in [5.74, 6) is -1.63. The summed E-state index contributed by atoms with van der Waals surface area (Å²) in [5.41, 5.74) is 5.79. The molecule has 7 nitrogen and oxygen atoms in total. The number of hydrogen-bond acceptors (Lipinski definition) is 7. The number of likely N-dealkylation sites (N-methyl/N-ethyl adjacent to an activating group) is 1. The zero-order valence-electron chi connectivity index (χ0n) is 14.1. The Morgan fingerprint density at radius 1 is 1.19 bits per heavy atom. The number of phenols is 2. The molecule has 0 fully saturated rings. The van der Waals surface area contributed by atoms with Gasteiger partial charge in [-0.15, -0.1) is 0 Å². The number of nitrogens with zero attached hydrogens (tertiary/aromatic N) is 4. The predicted octanol–water partition coefficient (Wildman–Crippen LogP) is 1.45. The van der Waals surface area contributed by atoms with Crippen LogP contribution in [0.3, 0.4) is 0 Å². The van der Waals surface area contributed by atoms with Gasteiger partial charge in [-0.1, -0.05) is 12.1 Å². The average Bonchev–Trinajstić information content (AvgIpc) is 2.63. The molecule has 0 bridgehead atoms. The molecule has 26 heavy (non-hydrogen) atoms. The molecular weight excluding hydrogens is 330 g/mol. The third-order valence-corrected chi connectivity index (χ3v) is 5.21. The van der Waals surface area contributed by atoms with Crippen LogP contribution in [0.2, 0.25) is 0 Å². The minimum Gasteiger partial charge on any atom is -0.504 e. The highest BCUT2D eigenvalue weighted by molar-refractivity contribution is 5.60. The van der Waals surface area contributed by atoms with E-state index in [1.54, 1.807) is 6.07 Å². The largest absolute Gasteiger partial charge is 0.504 e. The van der Waals surface area contributed by atoms with Crippen LogP contribution in [0.4, 0.5) is 0 Å². The molecule has 2 atom stereocenters. The molecule has 0 radical (unpaired) electrons. The summed E-state index contributed by atoms with van der Waals surface area (Å²) in [6.07, 6.45) is 1.89. The second kappa shape index (κ2) is 6.11. The van der Waals surface area contributed by atoms with Crippen molar-refractivity contribution in [1.82, 2.24) is 4.90 Å². The molecule has 130 valence electrons. The highest BCUT2D eigenvalue weighted by Gasteiger charge is 2.54. The van der Waals surface area contributed by atoms with E-state index >= 15 is 0 Å². The van der Waals surface area contributed by atoms with Crippen molar-refractivity contribution in [3.05, 3.63) is 46.7 Å². The summed E-state index contributed by atoms with van der Waals surface area (Å²) >= 11 is 0. The fraction of sp³-hybridized carbons (Fsp3) is 0.316. The van der Waals surface area contributed by atoms with Crippen LogP contribution in [0.1, 0.15) is 11.5 Å². The van der Waals surface area contributed by atoms with Crippen LogP contribution in [0.25, 0.3) is 0 Å². The average molecular weight is 347 g/mol. The highest BCUT2D eigenvalue weighted by Crippen LogP contribution is 2.54. The van der Waals surface area contributed by atoms with Gasteiger partial charge in [0.1, 0.15) is 6.07 Å². The van der Waals surface area contributed by atoms with Crippen LogP contribution in [0.15, 0.2) is 41.1 Å². The minimum absolute atomic E-state index is 0.0605. The van der Waals surface area contributed by atoms with Crippen LogP contribution < -0.4 is 5.73 Å². The number of aromatic hydroxyl groups is 2. The maximum atomic E-state index is 9.92. The predicted molar refractivity (Wildman–Crippen MR) is 92.1 cm³/mol. The summed E-state index contributed by atoms with van der Waals surface area (Å²) in [6.45, 7) is 1.16. The Hall–Kier alpha value is -3.47. The van der Waals surface area contributed by atoms with E-state index in [1.807, 2.05) is 30.2 Å². The topological polar surface area (TPSA) is 141 Å². The highest BCUT2D eigenvalue weighted by atomic mass is 16.3. The number of rotatable bonds is 1. The third-order valence-electron chi connectivity index (χ3n) is 5.21. The van der Waals surface area contributed by atoms with E-state index in [-0.39, 0.29) is 28.7 Å². The van der Waals surface area contributed by atoms with E-state index in [0.717, 1.165) is 5.57 Å². The van der Waals surface area contributed by atoms with Crippen LogP contribution >= 0.6 is 0 Å². The van der Waals surface area contributed by atoms with Gasteiger partial charge >= 0.3 is 0 Å². The van der Waals surface area contributed by atoms with E-state index in [1.165, 1.54) is 12.1 Å². The molecule has 0 amide bonds. The quantitative estimate of drug-likeness (QED) is 0.653. The van der Waals surface area contributed by atoms with Crippen molar-refractivity contribution < 1.29 is 10.2 Å². The van der Waals surface area contributed by atoms with Crippen LogP contribution in [-0.2, 0) is 0 Å². The fourth-order valence-corrected chi connectivity index (χ4v) is 3.93. The van der Waals surface area contributed by atoms with Crippen molar-refractivity contribution in [3.63, 3.8) is 0 Å². The number of allylic oxidation sites excluding steroid dienone is 2. The molecule has 2 aliphatic rings. The van der Waals surface area contributed by atoms with E-state index in [2.05, 4.69) is 6.07 Å². The first-order chi connectivity index (χ1) is 12.4. The maximum Gasteiger partial charge on any atom is 0.191 e. The van der Waals surface area contributed by atoms with Gasteiger partial charge in [-0.3, -0.25) is 0 Å². The summed E-state index contributed by atoms with van der Waals surface area (Å²) in [6, 6.07) is 10.3. The van der Waals surface area contributed by atoms with Crippen molar-refractivity contribution in [3.8, 4) is 29.7 Å². The van der Waals surface area contributed by atoms with E-state index in [9.17, 15) is 26.0 Å². The van der Waals surface area contributed by atoms with Gasteiger partial charge < -0.3 is 20.8 Å². The van der Waals surface area contributed by atoms with Crippen molar-refractivity contribution in [1.29, 1.82) is 15.8 Å². The smallest absolute Gasteiger partial charge is 0.191 e. The van der Waals surface area contributed by atoms with Gasteiger partial charge in [0.25, 0.3) is 0 Å². The molecule has 3 rings (SSSR count). The molecule has 0 saturated heterocycles. The lowest BCUT2D eigenvalue weighted by atomic mass is 9.58. The Bertz CT molecular complexity index is 944. The van der Waals surface area contributed by atoms with Crippen molar-refractivity contribution >= 4 is 0 Å². The minimum atomic E-state index is -1.74. The maximum absolute atomic E-state index is 9.92. The number of nitriles is 3. The number of hydrogen-bond donors (Lipinski definition) is 3. The lowest BCUT2D eigenvalue weighted by molar-refractivity contribution is 0.237. The second-order valence-electron chi connectivity index (χ2n) is 6.65. The van der Waals surface area contributed by atoms with Gasteiger partial charge in [0.15, 0.2) is 16.9 Å². The molecule has 0 aromatic heterocycles. The van der Waals surface area contributed by atoms with Crippen LogP contribution in [0.5, 0.6) is 11.5 Å². The molecule has 0 saturated carbocycles. The van der Waals surface area contributed by atoms with Gasteiger partial charge in [-0.25, -0.2) is 0 Å². The van der Waals surface area contributed by atoms with Gasteiger partial charge in [0.2, 0.25) is 0 Å². The summed E-state index contributed by atoms with van der Waals surface area (Å²) < 4.78 is 0. The SMILES string of the molecule is CN1CC=C2C(C#N)=C(N)C(C#N)(C#N)[C@H](c3ccc(O)c(O)c3)[C@H]2C1. The zero-order chi connectivity index (χ0) is 19.1. The first-order valence-electron chi connectivity index (χ1n) is 8.03. The zero-order valence-corrected chi connectivity index (χ0v) is 14.1. The Morgan fingerprint density at radius 3 is 2.46 bits per heavy atom. The summed E-state index contributed by atoms with van der Waals surface area (Å²) in [5, 5.41) is 48.9. The Labute approximate surface area is 151 Å². The van der Waals surface area contributed by atoms with E-state index < -0.39 is 11.3 Å². The molecule has 1 aromatic carbocycles. The molecule has 1 aliphatic heterocycles.